The van der Waals surface area contributed by atoms with Crippen LogP contribution >= 0.6 is 0 Å². The summed E-state index contributed by atoms with van der Waals surface area (Å²) >= 11 is 0. The Kier molecular flexibility index (Phi) is 5.00. The summed E-state index contributed by atoms with van der Waals surface area (Å²) in [5.41, 5.74) is 9.32. The van der Waals surface area contributed by atoms with Gasteiger partial charge in [-0.3, -0.25) is 4.79 Å². The van der Waals surface area contributed by atoms with Crippen molar-refractivity contribution < 1.29 is 4.79 Å². The first-order valence-corrected chi connectivity index (χ1v) is 9.59. The molecule has 4 rings (SSSR count). The van der Waals surface area contributed by atoms with Crippen LogP contribution in [0.1, 0.15) is 32.7 Å². The molecular formula is C25H23N3O. The van der Waals surface area contributed by atoms with Crippen LogP contribution in [0, 0.1) is 13.8 Å². The second-order valence-electron chi connectivity index (χ2n) is 7.28. The number of hydrazone groups is 1. The quantitative estimate of drug-likeness (QED) is 0.393. The van der Waals surface area contributed by atoms with Crippen molar-refractivity contribution in [2.24, 2.45) is 12.1 Å². The van der Waals surface area contributed by atoms with E-state index in [1.54, 1.807) is 0 Å². The summed E-state index contributed by atoms with van der Waals surface area (Å²) in [7, 11) is 1.89. The molecule has 0 saturated heterocycles. The van der Waals surface area contributed by atoms with Crippen LogP contribution in [0.3, 0.4) is 0 Å². The van der Waals surface area contributed by atoms with E-state index in [4.69, 9.17) is 0 Å². The number of carbonyl (C=O) groups is 1. The predicted octanol–water partition coefficient (Wildman–Crippen LogP) is 4.98. The van der Waals surface area contributed by atoms with Gasteiger partial charge in [-0.1, -0.05) is 71.8 Å². The van der Waals surface area contributed by atoms with Gasteiger partial charge in [0, 0.05) is 29.1 Å². The summed E-state index contributed by atoms with van der Waals surface area (Å²) in [4.78, 5) is 12.9. The molecular weight excluding hydrogens is 358 g/mol. The van der Waals surface area contributed by atoms with Crippen molar-refractivity contribution in [2.75, 3.05) is 0 Å². The molecule has 0 unspecified atom stereocenters. The third-order valence-electron chi connectivity index (χ3n) is 5.07. The number of aromatic nitrogens is 1. The molecule has 4 aromatic rings. The molecule has 0 aliphatic carbocycles. The molecule has 0 aliphatic rings. The topological polar surface area (TPSA) is 46.4 Å². The van der Waals surface area contributed by atoms with Gasteiger partial charge in [-0.2, -0.15) is 5.10 Å². The Morgan fingerprint density at radius 2 is 1.59 bits per heavy atom. The molecule has 1 aromatic heterocycles. The van der Waals surface area contributed by atoms with E-state index in [-0.39, 0.29) is 5.91 Å². The van der Waals surface area contributed by atoms with Crippen LogP contribution in [0.4, 0.5) is 0 Å². The molecule has 1 heterocycles. The van der Waals surface area contributed by atoms with Gasteiger partial charge >= 0.3 is 0 Å². The molecule has 0 spiro atoms. The first kappa shape index (κ1) is 18.7. The normalized spacial score (nSPS) is 11.6. The van der Waals surface area contributed by atoms with Gasteiger partial charge in [0.05, 0.1) is 5.71 Å². The van der Waals surface area contributed by atoms with E-state index in [1.165, 1.54) is 5.56 Å². The van der Waals surface area contributed by atoms with Crippen LogP contribution in [0.5, 0.6) is 0 Å². The third kappa shape index (κ3) is 3.83. The fourth-order valence-corrected chi connectivity index (χ4v) is 3.47. The van der Waals surface area contributed by atoms with Crippen LogP contribution in [0.2, 0.25) is 0 Å². The van der Waals surface area contributed by atoms with E-state index < -0.39 is 0 Å². The molecule has 0 atom stereocenters. The number of nitrogens with one attached hydrogen (secondary N) is 1. The zero-order valence-corrected chi connectivity index (χ0v) is 16.8. The van der Waals surface area contributed by atoms with E-state index in [2.05, 4.69) is 23.5 Å². The Balaban J connectivity index is 1.71. The fraction of sp³-hybridized carbons (Fsp3) is 0.120. The van der Waals surface area contributed by atoms with Gasteiger partial charge in [-0.15, -0.1) is 0 Å². The van der Waals surface area contributed by atoms with Crippen molar-refractivity contribution in [1.82, 2.24) is 9.99 Å². The Labute approximate surface area is 170 Å². The van der Waals surface area contributed by atoms with Crippen molar-refractivity contribution in [3.63, 3.8) is 0 Å². The number of fused-ring (bicyclic) bond motifs is 1. The summed E-state index contributed by atoms with van der Waals surface area (Å²) in [6.07, 6.45) is 0. The summed E-state index contributed by atoms with van der Waals surface area (Å²) < 4.78 is 1.89. The number of rotatable bonds is 4. The van der Waals surface area contributed by atoms with E-state index >= 15 is 0 Å². The summed E-state index contributed by atoms with van der Waals surface area (Å²) in [5, 5.41) is 5.56. The molecule has 0 aliphatic heterocycles. The van der Waals surface area contributed by atoms with Crippen molar-refractivity contribution >= 4 is 22.5 Å². The molecule has 1 amide bonds. The molecule has 0 bridgehead atoms. The van der Waals surface area contributed by atoms with Gasteiger partial charge in [0.2, 0.25) is 0 Å². The maximum absolute atomic E-state index is 12.9. The molecule has 0 fully saturated rings. The number of hydrogen-bond donors (Lipinski definition) is 1. The SMILES string of the molecule is Cc1ccc(/C(=N\NC(=O)c2cc3ccccc3n2C)c2cccc(C)c2)cc1. The second-order valence-corrected chi connectivity index (χ2v) is 7.28. The van der Waals surface area contributed by atoms with Gasteiger partial charge < -0.3 is 4.57 Å². The smallest absolute Gasteiger partial charge is 0.288 e. The largest absolute Gasteiger partial charge is 0.340 e. The van der Waals surface area contributed by atoms with Gasteiger partial charge in [0.15, 0.2) is 0 Å². The van der Waals surface area contributed by atoms with Crippen LogP contribution < -0.4 is 5.43 Å². The molecule has 4 heteroatoms. The summed E-state index contributed by atoms with van der Waals surface area (Å²) in [6, 6.07) is 26.1. The predicted molar refractivity (Wildman–Crippen MR) is 118 cm³/mol. The molecule has 0 radical (unpaired) electrons. The average molecular weight is 381 g/mol. The van der Waals surface area contributed by atoms with Gasteiger partial charge in [0.1, 0.15) is 5.69 Å². The van der Waals surface area contributed by atoms with Crippen LogP contribution in [0.25, 0.3) is 10.9 Å². The number of carbonyl (C=O) groups excluding carboxylic acids is 1. The molecule has 3 aromatic carbocycles. The Bertz CT molecular complexity index is 1220. The molecule has 1 N–H and O–H groups in total. The monoisotopic (exact) mass is 381 g/mol. The van der Waals surface area contributed by atoms with Gasteiger partial charge in [0.25, 0.3) is 5.91 Å². The number of hydrogen-bond acceptors (Lipinski definition) is 2. The number of para-hydroxylation sites is 1. The maximum atomic E-state index is 12.9. The Morgan fingerprint density at radius 1 is 0.828 bits per heavy atom. The molecule has 144 valence electrons. The number of benzene rings is 3. The highest BCUT2D eigenvalue weighted by Crippen LogP contribution is 2.18. The molecule has 0 saturated carbocycles. The first-order chi connectivity index (χ1) is 14.0. The van der Waals surface area contributed by atoms with E-state index in [9.17, 15) is 4.79 Å². The second kappa shape index (κ2) is 7.76. The third-order valence-corrected chi connectivity index (χ3v) is 5.07. The maximum Gasteiger partial charge on any atom is 0.288 e. The number of amides is 1. The standard InChI is InChI=1S/C25H23N3O/c1-17-11-13-19(14-12-17)24(21-9-6-7-18(2)15-21)26-27-25(29)23-16-20-8-4-5-10-22(20)28(23)3/h4-16H,1-3H3,(H,27,29)/b26-24+. The summed E-state index contributed by atoms with van der Waals surface area (Å²) in [6.45, 7) is 4.10. The Morgan fingerprint density at radius 3 is 2.31 bits per heavy atom. The lowest BCUT2D eigenvalue weighted by Crippen LogP contribution is -2.22. The van der Waals surface area contributed by atoms with E-state index in [1.807, 2.05) is 91.3 Å². The van der Waals surface area contributed by atoms with Crippen LogP contribution in [0.15, 0.2) is 84.0 Å². The number of aryl methyl sites for hydroxylation is 3. The van der Waals surface area contributed by atoms with E-state index in [0.29, 0.717) is 5.69 Å². The highest BCUT2D eigenvalue weighted by atomic mass is 16.2. The molecule has 4 nitrogen and oxygen atoms in total. The average Bonchev–Trinajstić information content (AvgIpc) is 3.06. The van der Waals surface area contributed by atoms with Crippen LogP contribution in [-0.4, -0.2) is 16.2 Å². The van der Waals surface area contributed by atoms with Gasteiger partial charge in [-0.25, -0.2) is 5.43 Å². The lowest BCUT2D eigenvalue weighted by atomic mass is 10.00. The summed E-state index contributed by atoms with van der Waals surface area (Å²) in [5.74, 6) is -0.235. The lowest BCUT2D eigenvalue weighted by Gasteiger charge is -2.10. The molecule has 29 heavy (non-hydrogen) atoms. The fourth-order valence-electron chi connectivity index (χ4n) is 3.47. The highest BCUT2D eigenvalue weighted by molar-refractivity contribution is 6.13. The minimum Gasteiger partial charge on any atom is -0.340 e. The first-order valence-electron chi connectivity index (χ1n) is 9.59. The number of nitrogens with zero attached hydrogens (tertiary/aromatic N) is 2. The van der Waals surface area contributed by atoms with Crippen molar-refractivity contribution in [3.8, 4) is 0 Å². The highest BCUT2D eigenvalue weighted by Gasteiger charge is 2.14. The van der Waals surface area contributed by atoms with Crippen molar-refractivity contribution in [3.05, 3.63) is 107 Å². The van der Waals surface area contributed by atoms with E-state index in [0.717, 1.165) is 33.3 Å². The van der Waals surface area contributed by atoms with Gasteiger partial charge in [-0.05, 0) is 32.0 Å². The van der Waals surface area contributed by atoms with Crippen LogP contribution in [-0.2, 0) is 7.05 Å². The van der Waals surface area contributed by atoms with Crippen molar-refractivity contribution in [2.45, 2.75) is 13.8 Å². The van der Waals surface area contributed by atoms with Crippen molar-refractivity contribution in [1.29, 1.82) is 0 Å². The lowest BCUT2D eigenvalue weighted by molar-refractivity contribution is 0.0947. The minimum atomic E-state index is -0.235. The Hall–Kier alpha value is -3.66. The minimum absolute atomic E-state index is 0.235. The zero-order chi connectivity index (χ0) is 20.4. The zero-order valence-electron chi connectivity index (χ0n) is 16.8.